The van der Waals surface area contributed by atoms with Crippen LogP contribution >= 0.6 is 24.0 Å². The van der Waals surface area contributed by atoms with Crippen molar-refractivity contribution in [3.05, 3.63) is 72.6 Å². The zero-order valence-electron chi connectivity index (χ0n) is 17.0. The number of hydrogen-bond acceptors (Lipinski definition) is 4. The molecule has 0 saturated heterocycles. The van der Waals surface area contributed by atoms with Crippen molar-refractivity contribution in [2.75, 3.05) is 13.6 Å². The quantitative estimate of drug-likeness (QED) is 0.268. The van der Waals surface area contributed by atoms with Crippen molar-refractivity contribution in [3.8, 4) is 11.4 Å². The molecule has 0 aliphatic rings. The van der Waals surface area contributed by atoms with E-state index >= 15 is 0 Å². The maximum Gasteiger partial charge on any atom is 0.191 e. The largest absolute Gasteiger partial charge is 0.489 e. The molecule has 7 nitrogen and oxygen atoms in total. The lowest BCUT2D eigenvalue weighted by Crippen LogP contribution is -2.42. The highest BCUT2D eigenvalue weighted by Crippen LogP contribution is 2.14. The molecule has 0 amide bonds. The normalized spacial score (nSPS) is 12.0. The van der Waals surface area contributed by atoms with Gasteiger partial charge in [-0.2, -0.15) is 0 Å². The number of aromatic nitrogens is 3. The summed E-state index contributed by atoms with van der Waals surface area (Å²) in [6.07, 6.45) is 2.33. The fourth-order valence-corrected chi connectivity index (χ4v) is 2.78. The molecule has 2 N–H and O–H groups in total. The van der Waals surface area contributed by atoms with Crippen LogP contribution in [0.1, 0.15) is 19.2 Å². The fourth-order valence-electron chi connectivity index (χ4n) is 2.78. The highest BCUT2D eigenvalue weighted by Gasteiger charge is 2.11. The molecule has 1 unspecified atom stereocenters. The highest BCUT2D eigenvalue weighted by atomic mass is 127. The van der Waals surface area contributed by atoms with Gasteiger partial charge in [-0.3, -0.25) is 9.56 Å². The fraction of sp³-hybridized carbons (Fsp3) is 0.286. The molecule has 0 saturated carbocycles. The second-order valence-corrected chi connectivity index (χ2v) is 6.36. The predicted octanol–water partition coefficient (Wildman–Crippen LogP) is 3.55. The van der Waals surface area contributed by atoms with Crippen LogP contribution in [0.2, 0.25) is 0 Å². The summed E-state index contributed by atoms with van der Waals surface area (Å²) in [5.74, 6) is 1.58. The number of nitrogens with zero attached hydrogens (tertiary/aromatic N) is 4. The molecule has 0 spiro atoms. The first-order chi connectivity index (χ1) is 14.2. The number of guanidine groups is 1. The summed E-state index contributed by atoms with van der Waals surface area (Å²) in [7, 11) is 1.70. The van der Waals surface area contributed by atoms with Crippen molar-refractivity contribution in [1.29, 1.82) is 0 Å². The lowest BCUT2D eigenvalue weighted by atomic mass is 10.2. The molecule has 0 radical (unpaired) electrons. The van der Waals surface area contributed by atoms with Gasteiger partial charge in [-0.15, -0.1) is 34.2 Å². The summed E-state index contributed by atoms with van der Waals surface area (Å²) in [5.41, 5.74) is 0.992. The third-order valence-corrected chi connectivity index (χ3v) is 4.34. The van der Waals surface area contributed by atoms with Crippen molar-refractivity contribution in [2.24, 2.45) is 4.99 Å². The Labute approximate surface area is 192 Å². The Morgan fingerprint density at radius 1 is 1.17 bits per heavy atom. The smallest absolute Gasteiger partial charge is 0.191 e. The molecule has 1 aromatic heterocycles. The van der Waals surface area contributed by atoms with E-state index in [1.54, 1.807) is 25.5 Å². The minimum atomic E-state index is -0.315. The Bertz CT molecular complexity index is 934. The molecule has 1 heterocycles. The number of halogens is 2. The molecule has 0 aliphatic carbocycles. The van der Waals surface area contributed by atoms with Crippen LogP contribution in [-0.4, -0.2) is 40.4 Å². The minimum Gasteiger partial charge on any atom is -0.489 e. The van der Waals surface area contributed by atoms with Crippen LogP contribution in [0, 0.1) is 5.82 Å². The first kappa shape index (κ1) is 23.6. The molecule has 3 aromatic rings. The van der Waals surface area contributed by atoms with E-state index in [0.717, 1.165) is 17.9 Å². The second-order valence-electron chi connectivity index (χ2n) is 6.36. The number of para-hydroxylation sites is 1. The van der Waals surface area contributed by atoms with Crippen LogP contribution < -0.4 is 15.4 Å². The number of rotatable bonds is 8. The molecular formula is C21H26FIN6O. The Morgan fingerprint density at radius 3 is 2.67 bits per heavy atom. The average molecular weight is 524 g/mol. The van der Waals surface area contributed by atoms with Gasteiger partial charge in [0.2, 0.25) is 0 Å². The molecule has 2 aromatic carbocycles. The van der Waals surface area contributed by atoms with Gasteiger partial charge in [0.05, 0.1) is 13.1 Å². The number of hydrogen-bond donors (Lipinski definition) is 2. The van der Waals surface area contributed by atoms with Crippen LogP contribution in [0.3, 0.4) is 0 Å². The van der Waals surface area contributed by atoms with Crippen LogP contribution in [0.4, 0.5) is 4.39 Å². The van der Waals surface area contributed by atoms with Gasteiger partial charge in [-0.1, -0.05) is 31.2 Å². The average Bonchev–Trinajstić information content (AvgIpc) is 3.22. The number of aliphatic imine (C=N–C) groups is 1. The van der Waals surface area contributed by atoms with Gasteiger partial charge in [-0.25, -0.2) is 4.39 Å². The third-order valence-electron chi connectivity index (χ3n) is 4.34. The van der Waals surface area contributed by atoms with Gasteiger partial charge < -0.3 is 15.4 Å². The van der Waals surface area contributed by atoms with E-state index in [9.17, 15) is 4.39 Å². The van der Waals surface area contributed by atoms with E-state index in [2.05, 4.69) is 25.8 Å². The third kappa shape index (κ3) is 6.68. The first-order valence-electron chi connectivity index (χ1n) is 9.50. The monoisotopic (exact) mass is 524 g/mol. The summed E-state index contributed by atoms with van der Waals surface area (Å²) in [4.78, 5) is 4.24. The number of benzene rings is 2. The van der Waals surface area contributed by atoms with Crippen molar-refractivity contribution in [1.82, 2.24) is 25.4 Å². The number of nitrogens with one attached hydrogen (secondary N) is 2. The Hall–Kier alpha value is -2.69. The van der Waals surface area contributed by atoms with E-state index in [1.165, 1.54) is 12.1 Å². The van der Waals surface area contributed by atoms with Crippen LogP contribution in [0.5, 0.6) is 5.75 Å². The molecule has 160 valence electrons. The lowest BCUT2D eigenvalue weighted by molar-refractivity contribution is 0.198. The van der Waals surface area contributed by atoms with Crippen molar-refractivity contribution < 1.29 is 9.13 Å². The Morgan fingerprint density at radius 2 is 1.97 bits per heavy atom. The zero-order valence-corrected chi connectivity index (χ0v) is 19.3. The Balaban J connectivity index is 0.00000320. The Kier molecular flexibility index (Phi) is 9.52. The van der Waals surface area contributed by atoms with Crippen LogP contribution in [0.15, 0.2) is 65.9 Å². The van der Waals surface area contributed by atoms with Gasteiger partial charge in [-0.05, 0) is 30.7 Å². The minimum absolute atomic E-state index is 0. The molecule has 0 fully saturated rings. The molecule has 30 heavy (non-hydrogen) atoms. The maximum atomic E-state index is 13.3. The summed E-state index contributed by atoms with van der Waals surface area (Å²) in [6.45, 7) is 3.00. The predicted molar refractivity (Wildman–Crippen MR) is 126 cm³/mol. The van der Waals surface area contributed by atoms with Crippen LogP contribution in [0.25, 0.3) is 5.69 Å². The van der Waals surface area contributed by atoms with Gasteiger partial charge in [0, 0.05) is 18.8 Å². The summed E-state index contributed by atoms with van der Waals surface area (Å²) < 4.78 is 21.1. The molecule has 9 heteroatoms. The zero-order chi connectivity index (χ0) is 20.5. The summed E-state index contributed by atoms with van der Waals surface area (Å²) in [6, 6.07) is 16.0. The molecule has 0 bridgehead atoms. The molecular weight excluding hydrogens is 498 g/mol. The molecule has 3 rings (SSSR count). The van der Waals surface area contributed by atoms with E-state index in [1.807, 2.05) is 41.8 Å². The van der Waals surface area contributed by atoms with Gasteiger partial charge in [0.25, 0.3) is 0 Å². The summed E-state index contributed by atoms with van der Waals surface area (Å²) in [5, 5.41) is 14.7. The van der Waals surface area contributed by atoms with E-state index in [4.69, 9.17) is 4.74 Å². The first-order valence-corrected chi connectivity index (χ1v) is 9.50. The second kappa shape index (κ2) is 12.1. The number of ether oxygens (including phenoxy) is 1. The highest BCUT2D eigenvalue weighted by molar-refractivity contribution is 14.0. The van der Waals surface area contributed by atoms with E-state index in [-0.39, 0.29) is 35.9 Å². The topological polar surface area (TPSA) is 76.4 Å². The lowest BCUT2D eigenvalue weighted by Gasteiger charge is -2.20. The van der Waals surface area contributed by atoms with Crippen molar-refractivity contribution >= 4 is 29.9 Å². The van der Waals surface area contributed by atoms with E-state index < -0.39 is 0 Å². The van der Waals surface area contributed by atoms with E-state index in [0.29, 0.717) is 24.8 Å². The maximum absolute atomic E-state index is 13.3. The summed E-state index contributed by atoms with van der Waals surface area (Å²) >= 11 is 0. The van der Waals surface area contributed by atoms with Crippen molar-refractivity contribution in [2.45, 2.75) is 26.0 Å². The molecule has 1 atom stereocenters. The van der Waals surface area contributed by atoms with Gasteiger partial charge in [0.1, 0.15) is 24.0 Å². The standard InChI is InChI=1S/C21H25FN6O.HI/c1-3-18(29-19-11-7-8-16(22)12-19)13-24-21(23-2)25-14-20-27-26-15-28(20)17-9-5-4-6-10-17;/h4-12,15,18H,3,13-14H2,1-2H3,(H2,23,24,25);1H. The van der Waals surface area contributed by atoms with Crippen molar-refractivity contribution in [3.63, 3.8) is 0 Å². The van der Waals surface area contributed by atoms with Gasteiger partial charge in [0.15, 0.2) is 11.8 Å². The van der Waals surface area contributed by atoms with Crippen LogP contribution in [-0.2, 0) is 6.54 Å². The van der Waals surface area contributed by atoms with Gasteiger partial charge >= 0.3 is 0 Å². The SMILES string of the molecule is CCC(CNC(=NC)NCc1nncn1-c1ccccc1)Oc1cccc(F)c1.I. The molecule has 0 aliphatic heterocycles.